The van der Waals surface area contributed by atoms with E-state index in [4.69, 9.17) is 26.4 Å². The summed E-state index contributed by atoms with van der Waals surface area (Å²) in [7, 11) is 3.49. The standard InChI is InChI=1S/C41H43ClF2N10O4/c1-52-30-12-10-24(15-27(30)33-35(39(52)57)58-19-41(43,44)36(49-33)20-6-7-20)47-37-28(42)16-45-40(50-37)54-17-21-8-9-23(14-22(21)18-54)46-29-5-3-4-25-32(51-53(2)34(25)29)26-11-13-31(55)48-38(26)56/h3-5,10,12,15-16,20-23,26,36,46,49H,6-9,11,13-14,17-19H2,1-2H3,(H,45,47,50)(H,48,55,56). The minimum absolute atomic E-state index is 0.113. The molecule has 2 amide bonds. The largest absolute Gasteiger partial charge is 0.480 e. The summed E-state index contributed by atoms with van der Waals surface area (Å²) in [5.41, 5.74) is 3.57. The van der Waals surface area contributed by atoms with Crippen LogP contribution >= 0.6 is 11.6 Å². The van der Waals surface area contributed by atoms with Gasteiger partial charge in [-0.15, -0.1) is 0 Å². The van der Waals surface area contributed by atoms with Crippen LogP contribution in [0, 0.1) is 17.8 Å². The summed E-state index contributed by atoms with van der Waals surface area (Å²) in [5, 5.41) is 19.2. The number of nitrogens with zero attached hydrogens (tertiary/aromatic N) is 6. The molecule has 2 aliphatic carbocycles. The van der Waals surface area contributed by atoms with Crippen LogP contribution in [-0.4, -0.2) is 73.8 Å². The average molecular weight is 813 g/mol. The average Bonchev–Trinajstić information content (AvgIpc) is 3.88. The van der Waals surface area contributed by atoms with Crippen LogP contribution in [0.4, 0.5) is 37.6 Å². The first kappa shape index (κ1) is 36.8. The minimum atomic E-state index is -3.14. The molecule has 17 heteroatoms. The number of ether oxygens (including phenoxy) is 1. The molecule has 5 aliphatic rings. The summed E-state index contributed by atoms with van der Waals surface area (Å²) in [6.07, 6.45) is 6.71. The third-order valence-electron chi connectivity index (χ3n) is 12.8. The van der Waals surface area contributed by atoms with E-state index < -0.39 is 30.0 Å². The number of rotatable bonds is 7. The molecular weight excluding hydrogens is 770 g/mol. The van der Waals surface area contributed by atoms with Gasteiger partial charge in [0.15, 0.2) is 12.4 Å². The topological polar surface area (TPSA) is 160 Å². The van der Waals surface area contributed by atoms with Gasteiger partial charge >= 0.3 is 5.92 Å². The Morgan fingerprint density at radius 3 is 2.60 bits per heavy atom. The van der Waals surface area contributed by atoms with Crippen molar-refractivity contribution in [1.29, 1.82) is 0 Å². The van der Waals surface area contributed by atoms with E-state index in [1.54, 1.807) is 31.4 Å². The third-order valence-corrected chi connectivity index (χ3v) is 13.0. The molecular formula is C41H43ClF2N10O4. The van der Waals surface area contributed by atoms with Gasteiger partial charge in [0, 0.05) is 56.1 Å². The second-order valence-corrected chi connectivity index (χ2v) is 17.0. The number of fused-ring (bicyclic) bond motifs is 5. The summed E-state index contributed by atoms with van der Waals surface area (Å²) in [5.74, 6) is -2.59. The number of anilines is 5. The van der Waals surface area contributed by atoms with Crippen molar-refractivity contribution >= 4 is 74.0 Å². The molecule has 14 nitrogen and oxygen atoms in total. The second kappa shape index (κ2) is 13.8. The highest BCUT2D eigenvalue weighted by Gasteiger charge is 2.51. The summed E-state index contributed by atoms with van der Waals surface area (Å²) >= 11 is 6.66. The van der Waals surface area contributed by atoms with Crippen LogP contribution in [0.1, 0.15) is 56.6 Å². The molecule has 2 saturated carbocycles. The fraction of sp³-hybridized carbons (Fsp3) is 0.463. The highest BCUT2D eigenvalue weighted by molar-refractivity contribution is 6.33. The van der Waals surface area contributed by atoms with Crippen LogP contribution < -0.4 is 36.5 Å². The van der Waals surface area contributed by atoms with Gasteiger partial charge in [-0.3, -0.25) is 24.4 Å². The highest BCUT2D eigenvalue weighted by Crippen LogP contribution is 2.46. The number of benzene rings is 2. The first-order chi connectivity index (χ1) is 27.9. The Morgan fingerprint density at radius 1 is 0.983 bits per heavy atom. The molecule has 58 heavy (non-hydrogen) atoms. The number of alkyl halides is 2. The van der Waals surface area contributed by atoms with Crippen molar-refractivity contribution in [3.8, 4) is 5.75 Å². The molecule has 5 unspecified atom stereocenters. The summed E-state index contributed by atoms with van der Waals surface area (Å²) in [6.45, 7) is 0.742. The monoisotopic (exact) mass is 812 g/mol. The molecule has 0 spiro atoms. The third kappa shape index (κ3) is 6.36. The van der Waals surface area contributed by atoms with E-state index in [9.17, 15) is 14.4 Å². The predicted octanol–water partition coefficient (Wildman–Crippen LogP) is 6.07. The fourth-order valence-electron chi connectivity index (χ4n) is 9.66. The number of piperidine rings is 1. The lowest BCUT2D eigenvalue weighted by atomic mass is 9.79. The van der Waals surface area contributed by atoms with Crippen molar-refractivity contribution in [1.82, 2.24) is 29.6 Å². The lowest BCUT2D eigenvalue weighted by molar-refractivity contribution is -0.134. The molecule has 6 heterocycles. The number of imide groups is 1. The van der Waals surface area contributed by atoms with E-state index in [1.807, 2.05) is 23.9 Å². The molecule has 4 fully saturated rings. The number of nitrogens with one attached hydrogen (secondary N) is 4. The van der Waals surface area contributed by atoms with E-state index in [0.29, 0.717) is 76.6 Å². The number of aromatic nitrogens is 5. The Bertz CT molecular complexity index is 2580. The zero-order valence-corrected chi connectivity index (χ0v) is 32.8. The molecule has 5 atom stereocenters. The molecule has 3 aromatic heterocycles. The first-order valence-electron chi connectivity index (χ1n) is 20.0. The lowest BCUT2D eigenvalue weighted by Crippen LogP contribution is -2.44. The van der Waals surface area contributed by atoms with Crippen molar-refractivity contribution in [2.75, 3.05) is 40.5 Å². The van der Waals surface area contributed by atoms with E-state index in [-0.39, 0.29) is 35.2 Å². The van der Waals surface area contributed by atoms with Crippen molar-refractivity contribution < 1.29 is 23.1 Å². The normalized spacial score (nSPS) is 25.4. The molecule has 0 bridgehead atoms. The van der Waals surface area contributed by atoms with Gasteiger partial charge in [0.25, 0.3) is 5.56 Å². The minimum Gasteiger partial charge on any atom is -0.480 e. The van der Waals surface area contributed by atoms with Crippen LogP contribution in [0.5, 0.6) is 5.75 Å². The van der Waals surface area contributed by atoms with E-state index in [1.165, 1.54) is 4.57 Å². The summed E-state index contributed by atoms with van der Waals surface area (Å²) in [6, 6.07) is 10.5. The fourth-order valence-corrected chi connectivity index (χ4v) is 9.80. The number of hydrogen-bond acceptors (Lipinski definition) is 11. The van der Waals surface area contributed by atoms with Gasteiger partial charge < -0.3 is 30.2 Å². The van der Waals surface area contributed by atoms with E-state index >= 15 is 8.78 Å². The predicted molar refractivity (Wildman–Crippen MR) is 216 cm³/mol. The van der Waals surface area contributed by atoms with Gasteiger partial charge in [-0.1, -0.05) is 23.7 Å². The molecule has 2 aromatic carbocycles. The maximum atomic E-state index is 15.2. The van der Waals surface area contributed by atoms with Crippen LogP contribution in [0.3, 0.4) is 0 Å². The maximum Gasteiger partial charge on any atom is 0.301 e. The Labute approximate surface area is 336 Å². The number of pyridine rings is 1. The number of carbonyl (C=O) groups is 2. The van der Waals surface area contributed by atoms with Crippen molar-refractivity contribution in [3.05, 3.63) is 63.7 Å². The van der Waals surface area contributed by atoms with E-state index in [0.717, 1.165) is 48.9 Å². The number of halogens is 3. The van der Waals surface area contributed by atoms with Gasteiger partial charge in [-0.25, -0.2) is 13.8 Å². The maximum absolute atomic E-state index is 15.2. The SMILES string of the molecule is Cn1nc(C2CCC(=O)NC2=O)c2cccc(NC3CCC4CN(c5ncc(Cl)c(Nc6ccc7c(c6)c6c(c(=O)n7C)OCC(F)(F)C(C7CC7)N6)n5)CC4C3)c21. The van der Waals surface area contributed by atoms with Crippen molar-refractivity contribution in [3.63, 3.8) is 0 Å². The van der Waals surface area contributed by atoms with Gasteiger partial charge in [-0.05, 0) is 80.5 Å². The number of para-hydroxylation sites is 1. The second-order valence-electron chi connectivity index (χ2n) is 16.6. The molecule has 2 saturated heterocycles. The molecule has 4 N–H and O–H groups in total. The summed E-state index contributed by atoms with van der Waals surface area (Å²) in [4.78, 5) is 49.5. The van der Waals surface area contributed by atoms with Gasteiger partial charge in [0.1, 0.15) is 5.02 Å². The van der Waals surface area contributed by atoms with Crippen LogP contribution in [0.25, 0.3) is 21.8 Å². The van der Waals surface area contributed by atoms with E-state index in [2.05, 4.69) is 37.2 Å². The molecule has 3 aliphatic heterocycles. The highest BCUT2D eigenvalue weighted by atomic mass is 35.5. The Balaban J connectivity index is 0.858. The first-order valence-corrected chi connectivity index (χ1v) is 20.3. The van der Waals surface area contributed by atoms with Crippen molar-refractivity contribution in [2.24, 2.45) is 31.8 Å². The van der Waals surface area contributed by atoms with Crippen molar-refractivity contribution in [2.45, 2.75) is 68.9 Å². The van der Waals surface area contributed by atoms with Gasteiger partial charge in [-0.2, -0.15) is 10.1 Å². The van der Waals surface area contributed by atoms with Crippen LogP contribution in [0.2, 0.25) is 5.02 Å². The number of aryl methyl sites for hydroxylation is 2. The molecule has 0 radical (unpaired) electrons. The number of amides is 2. The molecule has 302 valence electrons. The number of carbonyl (C=O) groups excluding carboxylic acids is 2. The Morgan fingerprint density at radius 2 is 1.79 bits per heavy atom. The zero-order chi connectivity index (χ0) is 40.0. The zero-order valence-electron chi connectivity index (χ0n) is 32.0. The Hall–Kier alpha value is -5.51. The van der Waals surface area contributed by atoms with Crippen LogP contribution in [0.15, 0.2) is 47.4 Å². The quantitative estimate of drug-likeness (QED) is 0.141. The van der Waals surface area contributed by atoms with Gasteiger partial charge in [0.05, 0.1) is 46.3 Å². The lowest BCUT2D eigenvalue weighted by Gasteiger charge is -2.32. The summed E-state index contributed by atoms with van der Waals surface area (Å²) < 4.78 is 39.1. The molecule has 10 rings (SSSR count). The van der Waals surface area contributed by atoms with Gasteiger partial charge in [0.2, 0.25) is 23.5 Å². The Kier molecular flexibility index (Phi) is 8.76. The molecule has 5 aromatic rings. The number of hydrogen-bond donors (Lipinski definition) is 4. The smallest absolute Gasteiger partial charge is 0.301 e. The van der Waals surface area contributed by atoms with Crippen LogP contribution in [-0.2, 0) is 23.7 Å².